The summed E-state index contributed by atoms with van der Waals surface area (Å²) in [4.78, 5) is 5.75. The van der Waals surface area contributed by atoms with E-state index in [4.69, 9.17) is 16.7 Å². The van der Waals surface area contributed by atoms with Crippen molar-refractivity contribution in [1.82, 2.24) is 0 Å². The van der Waals surface area contributed by atoms with E-state index in [0.29, 0.717) is 11.4 Å². The number of nitrogens with two attached hydrogens (primary N) is 2. The molecular weight excluding hydrogens is 371 g/mol. The third kappa shape index (κ3) is 4.22. The zero-order valence-corrected chi connectivity index (χ0v) is 13.2. The fraction of sp³-hybridized carbons (Fsp3) is 0.0769. The Bertz CT molecular complexity index is 624. The molecule has 2 rings (SSSR count). The summed E-state index contributed by atoms with van der Waals surface area (Å²) in [5.41, 5.74) is 12.7. The maximum atomic E-state index is 8.81. The number of benzene rings is 1. The molecule has 19 heavy (non-hydrogen) atoms. The number of aliphatic imine (C=N–C) groups is 1. The van der Waals surface area contributed by atoms with E-state index < -0.39 is 0 Å². The van der Waals surface area contributed by atoms with Crippen LogP contribution in [0.15, 0.2) is 41.4 Å². The van der Waals surface area contributed by atoms with Crippen molar-refractivity contribution < 1.29 is 0 Å². The van der Waals surface area contributed by atoms with Crippen LogP contribution in [0.1, 0.15) is 10.4 Å². The third-order valence-electron chi connectivity index (χ3n) is 2.37. The van der Waals surface area contributed by atoms with Crippen molar-refractivity contribution in [2.75, 3.05) is 0 Å². The molecule has 4 nitrogen and oxygen atoms in total. The number of rotatable bonds is 3. The average Bonchev–Trinajstić information content (AvgIpc) is 2.85. The van der Waals surface area contributed by atoms with E-state index in [9.17, 15) is 0 Å². The van der Waals surface area contributed by atoms with Crippen LogP contribution in [0.5, 0.6) is 0 Å². The highest BCUT2D eigenvalue weighted by Crippen LogP contribution is 2.28. The largest absolute Gasteiger partial charge is 0.370 e. The fourth-order valence-electron chi connectivity index (χ4n) is 1.56. The average molecular weight is 384 g/mol. The van der Waals surface area contributed by atoms with Crippen LogP contribution in [0.3, 0.4) is 0 Å². The monoisotopic (exact) mass is 384 g/mol. The summed E-state index contributed by atoms with van der Waals surface area (Å²) in [6, 6.07) is 13.9. The van der Waals surface area contributed by atoms with Crippen molar-refractivity contribution in [3.8, 4) is 16.5 Å². The van der Waals surface area contributed by atoms with Crippen LogP contribution in [0.25, 0.3) is 10.4 Å². The van der Waals surface area contributed by atoms with Crippen LogP contribution in [0.4, 0.5) is 0 Å². The predicted octanol–water partition coefficient (Wildman–Crippen LogP) is 2.68. The molecule has 6 heteroatoms. The molecule has 0 bridgehead atoms. The Labute approximate surface area is 132 Å². The molecule has 0 aliphatic carbocycles. The van der Waals surface area contributed by atoms with Gasteiger partial charge in [0.15, 0.2) is 5.96 Å². The Hall–Kier alpha value is -1.59. The van der Waals surface area contributed by atoms with E-state index in [-0.39, 0.29) is 29.9 Å². The highest BCUT2D eigenvalue weighted by molar-refractivity contribution is 14.0. The summed E-state index contributed by atoms with van der Waals surface area (Å²) in [7, 11) is 0. The molecule has 1 heterocycles. The van der Waals surface area contributed by atoms with Crippen molar-refractivity contribution in [3.05, 3.63) is 46.8 Å². The summed E-state index contributed by atoms with van der Waals surface area (Å²) >= 11 is 1.47. The van der Waals surface area contributed by atoms with Gasteiger partial charge in [0, 0.05) is 4.88 Å². The van der Waals surface area contributed by atoms with E-state index in [1.807, 2.05) is 36.4 Å². The number of hydrogen-bond acceptors (Lipinski definition) is 3. The Morgan fingerprint density at radius 1 is 1.26 bits per heavy atom. The second kappa shape index (κ2) is 7.11. The minimum atomic E-state index is 0. The second-order valence-electron chi connectivity index (χ2n) is 3.72. The topological polar surface area (TPSA) is 88.2 Å². The van der Waals surface area contributed by atoms with E-state index in [1.54, 1.807) is 0 Å². The molecule has 0 saturated heterocycles. The fourth-order valence-corrected chi connectivity index (χ4v) is 2.36. The predicted molar refractivity (Wildman–Crippen MR) is 89.4 cm³/mol. The molecular formula is C13H13IN4S. The number of nitriles is 1. The van der Waals surface area contributed by atoms with Gasteiger partial charge in [-0.2, -0.15) is 5.26 Å². The third-order valence-corrected chi connectivity index (χ3v) is 3.41. The lowest BCUT2D eigenvalue weighted by Crippen LogP contribution is -2.22. The first-order valence-corrected chi connectivity index (χ1v) is 6.15. The summed E-state index contributed by atoms with van der Waals surface area (Å²) in [5, 5.41) is 8.81. The number of thiophene rings is 1. The van der Waals surface area contributed by atoms with Gasteiger partial charge in [-0.3, -0.25) is 0 Å². The number of nitrogens with zero attached hydrogens (tertiary/aromatic N) is 2. The van der Waals surface area contributed by atoms with Crippen LogP contribution in [-0.2, 0) is 6.54 Å². The van der Waals surface area contributed by atoms with Crippen molar-refractivity contribution in [2.45, 2.75) is 6.54 Å². The van der Waals surface area contributed by atoms with Gasteiger partial charge in [-0.1, -0.05) is 18.2 Å². The highest BCUT2D eigenvalue weighted by atomic mass is 127. The first-order valence-electron chi connectivity index (χ1n) is 5.33. The van der Waals surface area contributed by atoms with Gasteiger partial charge in [0.1, 0.15) is 10.9 Å². The zero-order chi connectivity index (χ0) is 13.0. The standard InChI is InChI=1S/C13H12N4S.HI/c14-7-11-4-5-12(18-11)10-3-1-2-9(6-10)8-17-13(15)16;/h1-6H,8H2,(H4,15,16,17);1H. The van der Waals surface area contributed by atoms with Gasteiger partial charge in [0.05, 0.1) is 6.54 Å². The number of hydrogen-bond donors (Lipinski definition) is 2. The van der Waals surface area contributed by atoms with E-state index >= 15 is 0 Å². The van der Waals surface area contributed by atoms with Gasteiger partial charge < -0.3 is 11.5 Å². The van der Waals surface area contributed by atoms with Crippen LogP contribution < -0.4 is 11.5 Å². The van der Waals surface area contributed by atoms with Gasteiger partial charge in [-0.15, -0.1) is 35.3 Å². The second-order valence-corrected chi connectivity index (χ2v) is 4.80. The van der Waals surface area contributed by atoms with Gasteiger partial charge in [0.2, 0.25) is 0 Å². The van der Waals surface area contributed by atoms with Crippen LogP contribution in [0, 0.1) is 11.3 Å². The molecule has 4 N–H and O–H groups in total. The highest BCUT2D eigenvalue weighted by Gasteiger charge is 2.03. The molecule has 0 unspecified atom stereocenters. The molecule has 0 amide bonds. The van der Waals surface area contributed by atoms with Gasteiger partial charge in [-0.05, 0) is 29.3 Å². The first-order chi connectivity index (χ1) is 8.69. The molecule has 0 radical (unpaired) electrons. The molecule has 0 saturated carbocycles. The lowest BCUT2D eigenvalue weighted by Gasteiger charge is -2.01. The first kappa shape index (κ1) is 15.5. The molecule has 0 atom stereocenters. The molecule has 1 aromatic heterocycles. The van der Waals surface area contributed by atoms with Crippen molar-refractivity contribution in [3.63, 3.8) is 0 Å². The Morgan fingerprint density at radius 2 is 2.05 bits per heavy atom. The SMILES string of the molecule is I.N#Cc1ccc(-c2cccc(CN=C(N)N)c2)s1. The van der Waals surface area contributed by atoms with E-state index in [2.05, 4.69) is 11.1 Å². The zero-order valence-electron chi connectivity index (χ0n) is 10.0. The summed E-state index contributed by atoms with van der Waals surface area (Å²) in [6.07, 6.45) is 0. The Morgan fingerprint density at radius 3 is 2.68 bits per heavy atom. The number of guanidine groups is 1. The lowest BCUT2D eigenvalue weighted by atomic mass is 10.1. The Kier molecular flexibility index (Phi) is 5.79. The quantitative estimate of drug-likeness (QED) is 0.485. The molecule has 2 aromatic rings. The minimum absolute atomic E-state index is 0. The van der Waals surface area contributed by atoms with Gasteiger partial charge >= 0.3 is 0 Å². The van der Waals surface area contributed by atoms with Crippen molar-refractivity contribution in [1.29, 1.82) is 5.26 Å². The molecule has 0 aliphatic heterocycles. The number of halogens is 1. The molecule has 1 aromatic carbocycles. The van der Waals surface area contributed by atoms with Gasteiger partial charge in [0.25, 0.3) is 0 Å². The minimum Gasteiger partial charge on any atom is -0.370 e. The molecule has 98 valence electrons. The maximum Gasteiger partial charge on any atom is 0.186 e. The van der Waals surface area contributed by atoms with E-state index in [1.165, 1.54) is 11.3 Å². The van der Waals surface area contributed by atoms with Crippen molar-refractivity contribution >= 4 is 41.3 Å². The molecule has 0 fully saturated rings. The van der Waals surface area contributed by atoms with Gasteiger partial charge in [-0.25, -0.2) is 4.99 Å². The lowest BCUT2D eigenvalue weighted by molar-refractivity contribution is 1.06. The maximum absolute atomic E-state index is 8.81. The summed E-state index contributed by atoms with van der Waals surface area (Å²) in [6.45, 7) is 0.465. The van der Waals surface area contributed by atoms with E-state index in [0.717, 1.165) is 16.0 Å². The molecule has 0 aliphatic rings. The van der Waals surface area contributed by atoms with Crippen molar-refractivity contribution in [2.24, 2.45) is 16.5 Å². The Balaban J connectivity index is 0.00000180. The smallest absolute Gasteiger partial charge is 0.186 e. The summed E-state index contributed by atoms with van der Waals surface area (Å²) < 4.78 is 0. The van der Waals surface area contributed by atoms with Crippen LogP contribution in [-0.4, -0.2) is 5.96 Å². The normalized spacial score (nSPS) is 9.21. The molecule has 0 spiro atoms. The van der Waals surface area contributed by atoms with Crippen LogP contribution in [0.2, 0.25) is 0 Å². The summed E-state index contributed by atoms with van der Waals surface area (Å²) in [5.74, 6) is 0.0864. The van der Waals surface area contributed by atoms with Crippen LogP contribution >= 0.6 is 35.3 Å².